The third-order valence-corrected chi connectivity index (χ3v) is 2.97. The first kappa shape index (κ1) is 11.0. The van der Waals surface area contributed by atoms with Crippen molar-refractivity contribution >= 4 is 10.9 Å². The zero-order chi connectivity index (χ0) is 11.7. The molecule has 1 atom stereocenters. The van der Waals surface area contributed by atoms with Gasteiger partial charge in [0.2, 0.25) is 0 Å². The van der Waals surface area contributed by atoms with Crippen LogP contribution in [-0.2, 0) is 7.05 Å². The zero-order valence-electron chi connectivity index (χ0n) is 9.90. The second kappa shape index (κ2) is 4.18. The van der Waals surface area contributed by atoms with Gasteiger partial charge in [-0.2, -0.15) is 0 Å². The number of fused-ring (bicyclic) bond motifs is 1. The molecule has 0 amide bonds. The average molecular weight is 219 g/mol. The Hall–Kier alpha value is -1.48. The lowest BCUT2D eigenvalue weighted by atomic mass is 10.1. The highest BCUT2D eigenvalue weighted by Crippen LogP contribution is 2.34. The Labute approximate surface area is 95.3 Å². The SMILES string of the molecule is CC[C@H](O)c1cn(C)c2cccc(OC)c12. The van der Waals surface area contributed by atoms with Crippen molar-refractivity contribution in [3.8, 4) is 5.75 Å². The lowest BCUT2D eigenvalue weighted by molar-refractivity contribution is 0.175. The summed E-state index contributed by atoms with van der Waals surface area (Å²) < 4.78 is 7.37. The van der Waals surface area contributed by atoms with Crippen molar-refractivity contribution in [2.24, 2.45) is 7.05 Å². The summed E-state index contributed by atoms with van der Waals surface area (Å²) in [7, 11) is 3.64. The third kappa shape index (κ3) is 1.57. The van der Waals surface area contributed by atoms with Crippen LogP contribution in [0.1, 0.15) is 25.0 Å². The molecule has 0 spiro atoms. The van der Waals surface area contributed by atoms with Gasteiger partial charge in [-0.05, 0) is 18.6 Å². The smallest absolute Gasteiger partial charge is 0.128 e. The minimum absolute atomic E-state index is 0.431. The minimum atomic E-state index is -0.431. The van der Waals surface area contributed by atoms with Crippen LogP contribution in [0.3, 0.4) is 0 Å². The number of nitrogens with zero attached hydrogens (tertiary/aromatic N) is 1. The van der Waals surface area contributed by atoms with Gasteiger partial charge < -0.3 is 14.4 Å². The van der Waals surface area contributed by atoms with Crippen LogP contribution in [0.15, 0.2) is 24.4 Å². The Morgan fingerprint density at radius 2 is 2.19 bits per heavy atom. The van der Waals surface area contributed by atoms with E-state index >= 15 is 0 Å². The van der Waals surface area contributed by atoms with E-state index in [0.29, 0.717) is 6.42 Å². The highest BCUT2D eigenvalue weighted by atomic mass is 16.5. The van der Waals surface area contributed by atoms with E-state index in [1.54, 1.807) is 7.11 Å². The molecule has 0 radical (unpaired) electrons. The van der Waals surface area contributed by atoms with Crippen molar-refractivity contribution in [1.29, 1.82) is 0 Å². The molecule has 0 saturated carbocycles. The quantitative estimate of drug-likeness (QED) is 0.861. The second-order valence-corrected chi connectivity index (χ2v) is 3.97. The van der Waals surface area contributed by atoms with Crippen LogP contribution < -0.4 is 4.74 Å². The summed E-state index contributed by atoms with van der Waals surface area (Å²) in [5, 5.41) is 11.0. The summed E-state index contributed by atoms with van der Waals surface area (Å²) >= 11 is 0. The Morgan fingerprint density at radius 1 is 1.44 bits per heavy atom. The molecule has 0 unspecified atom stereocenters. The first-order valence-electron chi connectivity index (χ1n) is 5.49. The molecule has 1 N–H and O–H groups in total. The first-order chi connectivity index (χ1) is 7.69. The fourth-order valence-electron chi connectivity index (χ4n) is 2.09. The van der Waals surface area contributed by atoms with Gasteiger partial charge in [0.05, 0.1) is 18.7 Å². The number of rotatable bonds is 3. The molecule has 1 aromatic carbocycles. The van der Waals surface area contributed by atoms with Crippen LogP contribution in [0.5, 0.6) is 5.75 Å². The summed E-state index contributed by atoms with van der Waals surface area (Å²) in [6.45, 7) is 1.97. The number of aromatic nitrogens is 1. The maximum atomic E-state index is 9.99. The number of ether oxygens (including phenoxy) is 1. The molecule has 3 nitrogen and oxygen atoms in total. The Morgan fingerprint density at radius 3 is 2.81 bits per heavy atom. The summed E-state index contributed by atoms with van der Waals surface area (Å²) in [5.41, 5.74) is 2.03. The summed E-state index contributed by atoms with van der Waals surface area (Å²) in [6.07, 6.45) is 2.25. The van der Waals surface area contributed by atoms with Gasteiger partial charge in [0.15, 0.2) is 0 Å². The van der Waals surface area contributed by atoms with E-state index < -0.39 is 6.10 Å². The fraction of sp³-hybridized carbons (Fsp3) is 0.385. The van der Waals surface area contributed by atoms with Crippen LogP contribution in [0.2, 0.25) is 0 Å². The summed E-state index contributed by atoms with van der Waals surface area (Å²) in [4.78, 5) is 0. The number of aliphatic hydroxyl groups excluding tert-OH is 1. The second-order valence-electron chi connectivity index (χ2n) is 3.97. The van der Waals surface area contributed by atoms with Gasteiger partial charge in [-0.25, -0.2) is 0 Å². The predicted molar refractivity (Wildman–Crippen MR) is 64.7 cm³/mol. The minimum Gasteiger partial charge on any atom is -0.496 e. The van der Waals surface area contributed by atoms with Gasteiger partial charge in [0.1, 0.15) is 5.75 Å². The van der Waals surface area contributed by atoms with Crippen molar-refractivity contribution in [3.63, 3.8) is 0 Å². The van der Waals surface area contributed by atoms with E-state index in [2.05, 4.69) is 0 Å². The number of methoxy groups -OCH3 is 1. The largest absolute Gasteiger partial charge is 0.496 e. The standard InChI is InChI=1S/C13H17NO2/c1-4-11(15)9-8-14(2)10-6-5-7-12(16-3)13(9)10/h5-8,11,15H,4H2,1-3H3/t11-/m0/s1. The average Bonchev–Trinajstić information content (AvgIpc) is 2.66. The molecular weight excluding hydrogens is 202 g/mol. The van der Waals surface area contributed by atoms with Gasteiger partial charge >= 0.3 is 0 Å². The summed E-state index contributed by atoms with van der Waals surface area (Å²) in [5.74, 6) is 0.820. The molecule has 0 aliphatic rings. The highest BCUT2D eigenvalue weighted by Gasteiger charge is 2.16. The molecule has 3 heteroatoms. The molecule has 86 valence electrons. The maximum Gasteiger partial charge on any atom is 0.128 e. The van der Waals surface area contributed by atoms with Crippen molar-refractivity contribution in [2.45, 2.75) is 19.4 Å². The van der Waals surface area contributed by atoms with Gasteiger partial charge in [0, 0.05) is 24.2 Å². The van der Waals surface area contributed by atoms with E-state index in [9.17, 15) is 5.11 Å². The summed E-state index contributed by atoms with van der Waals surface area (Å²) in [6, 6.07) is 5.92. The Kier molecular flexibility index (Phi) is 2.88. The zero-order valence-corrected chi connectivity index (χ0v) is 9.90. The number of benzene rings is 1. The van der Waals surface area contributed by atoms with Gasteiger partial charge in [-0.3, -0.25) is 0 Å². The van der Waals surface area contributed by atoms with Gasteiger partial charge in [0.25, 0.3) is 0 Å². The van der Waals surface area contributed by atoms with Crippen molar-refractivity contribution in [1.82, 2.24) is 4.57 Å². The number of hydrogen-bond acceptors (Lipinski definition) is 2. The van der Waals surface area contributed by atoms with Crippen LogP contribution in [0.25, 0.3) is 10.9 Å². The molecule has 2 rings (SSSR count). The molecule has 16 heavy (non-hydrogen) atoms. The van der Waals surface area contributed by atoms with Crippen LogP contribution in [-0.4, -0.2) is 16.8 Å². The van der Waals surface area contributed by atoms with Crippen LogP contribution in [0, 0.1) is 0 Å². The normalized spacial score (nSPS) is 13.0. The topological polar surface area (TPSA) is 34.4 Å². The number of aryl methyl sites for hydroxylation is 1. The number of hydrogen-bond donors (Lipinski definition) is 1. The molecule has 1 aromatic heterocycles. The molecule has 0 fully saturated rings. The molecule has 0 aliphatic heterocycles. The predicted octanol–water partition coefficient (Wildman–Crippen LogP) is 2.63. The van der Waals surface area contributed by atoms with Crippen molar-refractivity contribution in [2.75, 3.05) is 7.11 Å². The van der Waals surface area contributed by atoms with Gasteiger partial charge in [-0.1, -0.05) is 13.0 Å². The molecule has 0 aliphatic carbocycles. The van der Waals surface area contributed by atoms with Crippen molar-refractivity contribution in [3.05, 3.63) is 30.0 Å². The molecule has 0 saturated heterocycles. The molecule has 2 aromatic rings. The Balaban J connectivity index is 2.74. The molecule has 0 bridgehead atoms. The van der Waals surface area contributed by atoms with E-state index in [0.717, 1.165) is 22.2 Å². The van der Waals surface area contributed by atoms with E-state index in [1.165, 1.54) is 0 Å². The van der Waals surface area contributed by atoms with E-state index in [1.807, 2.05) is 42.9 Å². The molecule has 1 heterocycles. The van der Waals surface area contributed by atoms with Crippen molar-refractivity contribution < 1.29 is 9.84 Å². The monoisotopic (exact) mass is 219 g/mol. The lowest BCUT2D eigenvalue weighted by Gasteiger charge is -2.08. The Bertz CT molecular complexity index is 502. The third-order valence-electron chi connectivity index (χ3n) is 2.97. The highest BCUT2D eigenvalue weighted by molar-refractivity contribution is 5.90. The van der Waals surface area contributed by atoms with Gasteiger partial charge in [-0.15, -0.1) is 0 Å². The fourth-order valence-corrected chi connectivity index (χ4v) is 2.09. The first-order valence-corrected chi connectivity index (χ1v) is 5.49. The van der Waals surface area contributed by atoms with E-state index in [-0.39, 0.29) is 0 Å². The van der Waals surface area contributed by atoms with Crippen LogP contribution >= 0.6 is 0 Å². The molecular formula is C13H17NO2. The van der Waals surface area contributed by atoms with E-state index in [4.69, 9.17) is 4.74 Å². The van der Waals surface area contributed by atoms with Crippen LogP contribution in [0.4, 0.5) is 0 Å². The lowest BCUT2D eigenvalue weighted by Crippen LogP contribution is -1.94. The number of aliphatic hydroxyl groups is 1. The maximum absolute atomic E-state index is 9.99.